The summed E-state index contributed by atoms with van der Waals surface area (Å²) in [7, 11) is 0. The maximum atomic E-state index is 12.9. The van der Waals surface area contributed by atoms with Gasteiger partial charge in [-0.15, -0.1) is 0 Å². The summed E-state index contributed by atoms with van der Waals surface area (Å²) in [6.45, 7) is 5.18. The van der Waals surface area contributed by atoms with Gasteiger partial charge in [-0.25, -0.2) is 14.2 Å². The van der Waals surface area contributed by atoms with E-state index in [-0.39, 0.29) is 18.1 Å². The van der Waals surface area contributed by atoms with Crippen LogP contribution in [-0.2, 0) is 22.3 Å². The number of fused-ring (bicyclic) bond motifs is 3. The van der Waals surface area contributed by atoms with Gasteiger partial charge in [-0.3, -0.25) is 4.90 Å². The van der Waals surface area contributed by atoms with Gasteiger partial charge in [-0.1, -0.05) is 48.0 Å². The molecule has 0 radical (unpaired) electrons. The number of carbonyl (C=O) groups excluding carboxylic acids is 2. The van der Waals surface area contributed by atoms with Crippen LogP contribution in [0.5, 0.6) is 0 Å². The molecule has 6 heteroatoms. The van der Waals surface area contributed by atoms with Crippen LogP contribution < -0.4 is 0 Å². The summed E-state index contributed by atoms with van der Waals surface area (Å²) >= 11 is 0. The zero-order chi connectivity index (χ0) is 22.2. The Kier molecular flexibility index (Phi) is 5.21. The fourth-order valence-electron chi connectivity index (χ4n) is 4.81. The number of hydrogen-bond acceptors (Lipinski definition) is 4. The first-order valence-corrected chi connectivity index (χ1v) is 11.1. The predicted octanol–water partition coefficient (Wildman–Crippen LogP) is 5.17. The van der Waals surface area contributed by atoms with Crippen molar-refractivity contribution in [2.75, 3.05) is 19.8 Å². The van der Waals surface area contributed by atoms with Crippen LogP contribution in [0.3, 0.4) is 0 Å². The Morgan fingerprint density at radius 2 is 1.97 bits per heavy atom. The summed E-state index contributed by atoms with van der Waals surface area (Å²) in [4.78, 5) is 26.8. The van der Waals surface area contributed by atoms with Gasteiger partial charge in [-0.2, -0.15) is 0 Å². The first kappa shape index (κ1) is 20.4. The first-order valence-electron chi connectivity index (χ1n) is 11.1. The second-order valence-electron chi connectivity index (χ2n) is 8.33. The normalized spacial score (nSPS) is 19.3. The van der Waals surface area contributed by atoms with Gasteiger partial charge in [0.25, 0.3) is 0 Å². The summed E-state index contributed by atoms with van der Waals surface area (Å²) < 4.78 is 12.3. The number of allylic oxidation sites excluding steroid dienone is 1. The van der Waals surface area contributed by atoms with Crippen molar-refractivity contribution in [1.29, 1.82) is 0 Å². The van der Waals surface area contributed by atoms with Gasteiger partial charge in [0.05, 0.1) is 18.7 Å². The number of ether oxygens (including phenoxy) is 2. The van der Waals surface area contributed by atoms with E-state index in [1.165, 1.54) is 11.1 Å². The molecular formula is C26H26N2O4. The molecule has 0 spiro atoms. The molecule has 1 amide bonds. The number of nitrogens with zero attached hydrogens (tertiary/aromatic N) is 2. The lowest BCUT2D eigenvalue weighted by Gasteiger charge is -2.28. The van der Waals surface area contributed by atoms with Crippen LogP contribution in [0.1, 0.15) is 35.2 Å². The van der Waals surface area contributed by atoms with E-state index >= 15 is 0 Å². The topological polar surface area (TPSA) is 60.8 Å². The van der Waals surface area contributed by atoms with Crippen LogP contribution in [-0.4, -0.2) is 41.4 Å². The van der Waals surface area contributed by atoms with E-state index in [2.05, 4.69) is 37.3 Å². The monoisotopic (exact) mass is 430 g/mol. The Balaban J connectivity index is 1.67. The van der Waals surface area contributed by atoms with Gasteiger partial charge in [0.2, 0.25) is 0 Å². The highest BCUT2D eigenvalue weighted by molar-refractivity contribution is 5.94. The third-order valence-electron chi connectivity index (χ3n) is 6.36. The van der Waals surface area contributed by atoms with Crippen molar-refractivity contribution >= 4 is 23.1 Å². The molecule has 0 N–H and O–H groups in total. The Hall–Kier alpha value is -3.54. The summed E-state index contributed by atoms with van der Waals surface area (Å²) in [6.07, 6.45) is 2.62. The van der Waals surface area contributed by atoms with Crippen LogP contribution in [0.15, 0.2) is 60.3 Å². The third kappa shape index (κ3) is 3.45. The Bertz CT molecular complexity index is 1220. The Morgan fingerprint density at radius 3 is 2.69 bits per heavy atom. The molecule has 1 atom stereocenters. The van der Waals surface area contributed by atoms with Gasteiger partial charge < -0.3 is 9.47 Å². The molecule has 1 aliphatic heterocycles. The molecule has 1 aromatic heterocycles. The smallest absolute Gasteiger partial charge is 0.418 e. The number of hydrogen-bond donors (Lipinski definition) is 0. The molecule has 32 heavy (non-hydrogen) atoms. The second-order valence-corrected chi connectivity index (χ2v) is 8.33. The Morgan fingerprint density at radius 1 is 1.19 bits per heavy atom. The number of cyclic esters (lactones) is 1. The van der Waals surface area contributed by atoms with E-state index < -0.39 is 0 Å². The minimum atomic E-state index is -0.344. The molecule has 164 valence electrons. The molecule has 0 unspecified atom stereocenters. The lowest BCUT2D eigenvalue weighted by atomic mass is 9.78. The molecule has 2 aliphatic rings. The minimum absolute atomic E-state index is 0.0500. The highest BCUT2D eigenvalue weighted by Crippen LogP contribution is 2.41. The summed E-state index contributed by atoms with van der Waals surface area (Å²) in [5, 5.41) is 1.05. The van der Waals surface area contributed by atoms with Crippen LogP contribution >= 0.6 is 0 Å². The minimum Gasteiger partial charge on any atom is -0.449 e. The van der Waals surface area contributed by atoms with Crippen molar-refractivity contribution < 1.29 is 19.1 Å². The number of aryl methyl sites for hydroxylation is 1. The molecule has 3 aromatic rings. The quantitative estimate of drug-likeness (QED) is 0.575. The molecule has 1 saturated heterocycles. The highest BCUT2D eigenvalue weighted by Gasteiger charge is 2.33. The van der Waals surface area contributed by atoms with E-state index in [4.69, 9.17) is 9.47 Å². The molecule has 0 saturated carbocycles. The van der Waals surface area contributed by atoms with E-state index in [1.807, 2.05) is 31.3 Å². The molecule has 2 aromatic carbocycles. The van der Waals surface area contributed by atoms with Crippen LogP contribution in [0.4, 0.5) is 9.59 Å². The lowest BCUT2D eigenvalue weighted by molar-refractivity contribution is 0.154. The molecule has 0 bridgehead atoms. The molecule has 6 nitrogen and oxygen atoms in total. The largest absolute Gasteiger partial charge is 0.449 e. The molecule has 5 rings (SSSR count). The second kappa shape index (κ2) is 8.19. The number of amides is 1. The van der Waals surface area contributed by atoms with Gasteiger partial charge >= 0.3 is 12.2 Å². The number of rotatable bonds is 3. The summed E-state index contributed by atoms with van der Waals surface area (Å²) in [5.74, 6) is 0.0500. The van der Waals surface area contributed by atoms with Crippen molar-refractivity contribution in [1.82, 2.24) is 9.47 Å². The van der Waals surface area contributed by atoms with Crippen molar-refractivity contribution in [3.05, 3.63) is 82.7 Å². The molecular weight excluding hydrogens is 404 g/mol. The fourth-order valence-corrected chi connectivity index (χ4v) is 4.81. The number of carbonyl (C=O) groups is 2. The van der Waals surface area contributed by atoms with E-state index in [1.54, 1.807) is 9.47 Å². The zero-order valence-electron chi connectivity index (χ0n) is 18.3. The fraction of sp³-hybridized carbons (Fsp3) is 0.308. The summed E-state index contributed by atoms with van der Waals surface area (Å²) in [5.41, 5.74) is 6.47. The molecule has 1 aliphatic carbocycles. The van der Waals surface area contributed by atoms with Crippen LogP contribution in [0.2, 0.25) is 0 Å². The number of para-hydroxylation sites is 1. The van der Waals surface area contributed by atoms with Crippen molar-refractivity contribution in [2.45, 2.75) is 32.6 Å². The maximum absolute atomic E-state index is 12.9. The Labute approximate surface area is 187 Å². The van der Waals surface area contributed by atoms with Crippen molar-refractivity contribution in [3.8, 4) is 0 Å². The maximum Gasteiger partial charge on any atom is 0.418 e. The van der Waals surface area contributed by atoms with Gasteiger partial charge in [-0.05, 0) is 49.5 Å². The zero-order valence-corrected chi connectivity index (χ0v) is 18.3. The lowest BCUT2D eigenvalue weighted by Crippen LogP contribution is -2.25. The highest BCUT2D eigenvalue weighted by atomic mass is 16.6. The third-order valence-corrected chi connectivity index (χ3v) is 6.36. The van der Waals surface area contributed by atoms with E-state index in [9.17, 15) is 9.59 Å². The number of benzene rings is 2. The average molecular weight is 431 g/mol. The molecule has 1 fully saturated rings. The first-order chi connectivity index (χ1) is 15.6. The molecule has 2 heterocycles. The standard InChI is InChI=1S/C26H26N2O4/c1-3-31-26(30)28-23-7-5-4-6-20(23)22-14-19(16-27-12-13-32-25(27)29)21(15-24(22)28)18-10-8-17(2)9-11-18/h4-11,16,21H,3,12-15H2,1-2H3/b19-16-/t21-/m1/s1. The summed E-state index contributed by atoms with van der Waals surface area (Å²) in [6, 6.07) is 16.4. The van der Waals surface area contributed by atoms with Crippen LogP contribution in [0, 0.1) is 6.92 Å². The average Bonchev–Trinajstić information content (AvgIpc) is 3.34. The van der Waals surface area contributed by atoms with Gasteiger partial charge in [0, 0.05) is 23.2 Å². The van der Waals surface area contributed by atoms with Gasteiger partial charge in [0.1, 0.15) is 6.61 Å². The number of aromatic nitrogens is 1. The SMILES string of the molecule is CCOC(=O)n1c2c(c3ccccc31)C/C(=C/N1CCOC1=O)[C@@H](c1ccc(C)cc1)C2. The van der Waals surface area contributed by atoms with Crippen molar-refractivity contribution in [2.24, 2.45) is 0 Å². The van der Waals surface area contributed by atoms with Crippen molar-refractivity contribution in [3.63, 3.8) is 0 Å². The van der Waals surface area contributed by atoms with Gasteiger partial charge in [0.15, 0.2) is 0 Å². The van der Waals surface area contributed by atoms with E-state index in [0.29, 0.717) is 32.6 Å². The van der Waals surface area contributed by atoms with E-state index in [0.717, 1.165) is 27.7 Å². The van der Waals surface area contributed by atoms with Crippen LogP contribution in [0.25, 0.3) is 10.9 Å². The predicted molar refractivity (Wildman–Crippen MR) is 122 cm³/mol.